The Kier molecular flexibility index (Phi) is 1.64. The fourth-order valence-corrected chi connectivity index (χ4v) is 1.90. The molecule has 0 aliphatic heterocycles. The third-order valence-corrected chi connectivity index (χ3v) is 3.20. The zero-order valence-electron chi connectivity index (χ0n) is 7.79. The van der Waals surface area contributed by atoms with Crippen molar-refractivity contribution in [2.45, 2.75) is 44.4 Å². The van der Waals surface area contributed by atoms with E-state index < -0.39 is 0 Å². The van der Waals surface area contributed by atoms with Gasteiger partial charge in [-0.25, -0.2) is 4.98 Å². The Morgan fingerprint density at radius 2 is 2.08 bits per heavy atom. The number of hydrogen-bond donors (Lipinski definition) is 1. The lowest BCUT2D eigenvalue weighted by Crippen LogP contribution is -2.14. The molecule has 1 N–H and O–H groups in total. The summed E-state index contributed by atoms with van der Waals surface area (Å²) in [7, 11) is 0. The first kappa shape index (κ1) is 7.54. The molecule has 13 heavy (non-hydrogen) atoms. The molecular weight excluding hydrogens is 162 g/mol. The van der Waals surface area contributed by atoms with E-state index in [0.717, 1.165) is 24.0 Å². The van der Waals surface area contributed by atoms with Gasteiger partial charge in [-0.15, -0.1) is 0 Å². The lowest BCUT2D eigenvalue weighted by Gasteiger charge is -2.23. The summed E-state index contributed by atoms with van der Waals surface area (Å²) >= 11 is 0. The van der Waals surface area contributed by atoms with E-state index in [-0.39, 0.29) is 0 Å². The lowest BCUT2D eigenvalue weighted by atomic mass is 9.83. The van der Waals surface area contributed by atoms with Crippen LogP contribution in [0.1, 0.15) is 49.7 Å². The molecule has 0 unspecified atom stereocenters. The van der Waals surface area contributed by atoms with Gasteiger partial charge in [-0.1, -0.05) is 19.3 Å². The van der Waals surface area contributed by atoms with Gasteiger partial charge in [-0.05, 0) is 18.8 Å². The molecule has 3 rings (SSSR count). The van der Waals surface area contributed by atoms with Gasteiger partial charge in [0, 0.05) is 12.3 Å². The van der Waals surface area contributed by atoms with Crippen molar-refractivity contribution >= 4 is 0 Å². The van der Waals surface area contributed by atoms with E-state index in [2.05, 4.69) is 15.2 Å². The van der Waals surface area contributed by atoms with Gasteiger partial charge < -0.3 is 0 Å². The van der Waals surface area contributed by atoms with E-state index in [0.29, 0.717) is 5.92 Å². The van der Waals surface area contributed by atoms with Crippen LogP contribution in [0.3, 0.4) is 0 Å². The lowest BCUT2D eigenvalue weighted by molar-refractivity contribution is 0.309. The highest BCUT2D eigenvalue weighted by Gasteiger charge is 2.28. The highest BCUT2D eigenvalue weighted by molar-refractivity contribution is 5.05. The average molecular weight is 177 g/mol. The van der Waals surface area contributed by atoms with Gasteiger partial charge in [0.2, 0.25) is 0 Å². The van der Waals surface area contributed by atoms with E-state index >= 15 is 0 Å². The second-order valence-corrected chi connectivity index (χ2v) is 4.42. The van der Waals surface area contributed by atoms with E-state index in [1.165, 1.54) is 32.1 Å². The van der Waals surface area contributed by atoms with Crippen molar-refractivity contribution in [2.24, 2.45) is 5.92 Å². The minimum absolute atomic E-state index is 0.686. The van der Waals surface area contributed by atoms with Crippen molar-refractivity contribution < 1.29 is 0 Å². The smallest absolute Gasteiger partial charge is 0.153 e. The first-order valence-corrected chi connectivity index (χ1v) is 5.33. The Morgan fingerprint density at radius 3 is 2.69 bits per heavy atom. The molecule has 1 aromatic rings. The minimum Gasteiger partial charge on any atom is -0.263 e. The molecule has 2 fully saturated rings. The average Bonchev–Trinajstić information content (AvgIpc) is 2.80. The van der Waals surface area contributed by atoms with E-state index in [1.54, 1.807) is 0 Å². The first-order valence-electron chi connectivity index (χ1n) is 5.33. The Morgan fingerprint density at radius 1 is 1.23 bits per heavy atom. The maximum atomic E-state index is 4.53. The zero-order chi connectivity index (χ0) is 8.67. The fourth-order valence-electron chi connectivity index (χ4n) is 1.90. The summed E-state index contributed by atoms with van der Waals surface area (Å²) in [5.41, 5.74) is 0. The minimum atomic E-state index is 0.686. The molecule has 0 atom stereocenters. The molecule has 3 heteroatoms. The largest absolute Gasteiger partial charge is 0.263 e. The maximum Gasteiger partial charge on any atom is 0.153 e. The highest BCUT2D eigenvalue weighted by Crippen LogP contribution is 2.38. The monoisotopic (exact) mass is 177 g/mol. The van der Waals surface area contributed by atoms with Gasteiger partial charge in [0.15, 0.2) is 5.82 Å². The summed E-state index contributed by atoms with van der Waals surface area (Å²) in [4.78, 5) is 4.53. The summed E-state index contributed by atoms with van der Waals surface area (Å²) in [5, 5.41) is 7.32. The number of aromatic amines is 1. The van der Waals surface area contributed by atoms with Crippen LogP contribution in [0.5, 0.6) is 0 Å². The van der Waals surface area contributed by atoms with E-state index in [1.807, 2.05) is 0 Å². The Bertz CT molecular complexity index is 297. The predicted molar refractivity (Wildman–Crippen MR) is 49.4 cm³/mol. The van der Waals surface area contributed by atoms with Gasteiger partial charge in [0.05, 0.1) is 0 Å². The molecule has 70 valence electrons. The summed E-state index contributed by atoms with van der Waals surface area (Å²) in [6, 6.07) is 0. The van der Waals surface area contributed by atoms with Crippen molar-refractivity contribution in [1.29, 1.82) is 0 Å². The molecule has 0 radical (unpaired) electrons. The normalized spacial score (nSPS) is 23.1. The maximum absolute atomic E-state index is 4.53. The Labute approximate surface area is 78.0 Å². The number of rotatable bonds is 3. The molecular formula is C10H15N3. The van der Waals surface area contributed by atoms with Crippen molar-refractivity contribution in [3.8, 4) is 0 Å². The van der Waals surface area contributed by atoms with Gasteiger partial charge in [0.1, 0.15) is 5.82 Å². The number of H-pyrrole nitrogens is 1. The molecule has 3 nitrogen and oxygen atoms in total. The van der Waals surface area contributed by atoms with Crippen molar-refractivity contribution in [2.75, 3.05) is 0 Å². The molecule has 2 aliphatic carbocycles. The van der Waals surface area contributed by atoms with Crippen molar-refractivity contribution in [1.82, 2.24) is 15.2 Å². The van der Waals surface area contributed by atoms with Gasteiger partial charge in [-0.2, -0.15) is 5.10 Å². The van der Waals surface area contributed by atoms with E-state index in [4.69, 9.17) is 0 Å². The van der Waals surface area contributed by atoms with Crippen LogP contribution in [-0.2, 0) is 6.42 Å². The predicted octanol–water partition coefficient (Wildman–Crippen LogP) is 2.02. The van der Waals surface area contributed by atoms with Gasteiger partial charge in [0.25, 0.3) is 0 Å². The van der Waals surface area contributed by atoms with E-state index in [9.17, 15) is 0 Å². The summed E-state index contributed by atoms with van der Waals surface area (Å²) in [6.45, 7) is 0. The zero-order valence-corrected chi connectivity index (χ0v) is 7.79. The number of nitrogens with one attached hydrogen (secondary N) is 1. The standard InChI is InChI=1S/C10H15N3/c1-2-7(3-1)6-9-11-10(13-12-9)8-4-5-8/h7-8H,1-6H2,(H,11,12,13). The molecule has 1 aromatic heterocycles. The van der Waals surface area contributed by atoms with Crippen LogP contribution in [-0.4, -0.2) is 15.2 Å². The first-order chi connectivity index (χ1) is 6.42. The van der Waals surface area contributed by atoms with Crippen LogP contribution in [0.2, 0.25) is 0 Å². The van der Waals surface area contributed by atoms with Crippen LogP contribution in [0.25, 0.3) is 0 Å². The van der Waals surface area contributed by atoms with Gasteiger partial charge >= 0.3 is 0 Å². The number of aromatic nitrogens is 3. The van der Waals surface area contributed by atoms with Crippen molar-refractivity contribution in [3.63, 3.8) is 0 Å². The molecule has 0 spiro atoms. The molecule has 2 aliphatic rings. The topological polar surface area (TPSA) is 41.6 Å². The molecule has 0 bridgehead atoms. The second-order valence-electron chi connectivity index (χ2n) is 4.42. The quantitative estimate of drug-likeness (QED) is 0.767. The van der Waals surface area contributed by atoms with Crippen LogP contribution in [0, 0.1) is 5.92 Å². The van der Waals surface area contributed by atoms with Crippen LogP contribution >= 0.6 is 0 Å². The number of nitrogens with zero attached hydrogens (tertiary/aromatic N) is 2. The molecule has 0 saturated heterocycles. The highest BCUT2D eigenvalue weighted by atomic mass is 15.2. The van der Waals surface area contributed by atoms with Gasteiger partial charge in [-0.3, -0.25) is 5.10 Å². The van der Waals surface area contributed by atoms with Crippen molar-refractivity contribution in [3.05, 3.63) is 11.6 Å². The second kappa shape index (κ2) is 2.82. The Hall–Kier alpha value is -0.860. The molecule has 0 amide bonds. The summed E-state index contributed by atoms with van der Waals surface area (Å²) in [6.07, 6.45) is 7.90. The SMILES string of the molecule is C1CC(Cc2nc(C3CC3)n[nH]2)C1. The summed E-state index contributed by atoms with van der Waals surface area (Å²) in [5.74, 6) is 3.76. The third kappa shape index (κ3) is 1.47. The molecule has 0 aromatic carbocycles. The van der Waals surface area contributed by atoms with Crippen LogP contribution < -0.4 is 0 Å². The number of hydrogen-bond acceptors (Lipinski definition) is 2. The molecule has 2 saturated carbocycles. The fraction of sp³-hybridized carbons (Fsp3) is 0.800. The Balaban J connectivity index is 1.66. The summed E-state index contributed by atoms with van der Waals surface area (Å²) < 4.78 is 0. The van der Waals surface area contributed by atoms with Crippen LogP contribution in [0.15, 0.2) is 0 Å². The third-order valence-electron chi connectivity index (χ3n) is 3.20. The van der Waals surface area contributed by atoms with Crippen LogP contribution in [0.4, 0.5) is 0 Å². The molecule has 1 heterocycles.